The SMILES string of the molecule is CC(C)(C)c1ccc(-n2c3ccccc3c3cc(-c4ccc(-c5ccc6c(c5)C(C)(C)c5cc(-c7ccc(-c8ccc9c(c8)c8ccccc8n9-c8ccccc8)cc7)ccc5-6)cc4)ccc32)cc1. The van der Waals surface area contributed by atoms with E-state index in [-0.39, 0.29) is 10.8 Å². The molecule has 2 heteroatoms. The van der Waals surface area contributed by atoms with Crippen LogP contribution in [0.1, 0.15) is 51.3 Å². The Kier molecular flexibility index (Phi) is 9.17. The highest BCUT2D eigenvalue weighted by atomic mass is 15.0. The molecule has 0 radical (unpaired) electrons. The molecule has 69 heavy (non-hydrogen) atoms. The second kappa shape index (κ2) is 15.4. The maximum Gasteiger partial charge on any atom is 0.0541 e. The van der Waals surface area contributed by atoms with Crippen LogP contribution in [0.2, 0.25) is 0 Å². The molecular formula is C67H52N2. The summed E-state index contributed by atoms with van der Waals surface area (Å²) >= 11 is 0. The average Bonchev–Trinajstić information content (AvgIpc) is 3.98. The Bertz CT molecular complexity index is 3970. The van der Waals surface area contributed by atoms with E-state index in [1.165, 1.54) is 127 Å². The number of nitrogens with zero attached hydrogens (tertiary/aromatic N) is 2. The third-order valence-electron chi connectivity index (χ3n) is 15.1. The first kappa shape index (κ1) is 41.0. The molecule has 2 heterocycles. The zero-order valence-electron chi connectivity index (χ0n) is 39.8. The van der Waals surface area contributed by atoms with Crippen molar-refractivity contribution < 1.29 is 0 Å². The molecule has 0 fully saturated rings. The first-order valence-corrected chi connectivity index (χ1v) is 24.3. The van der Waals surface area contributed by atoms with Crippen LogP contribution in [-0.2, 0) is 10.8 Å². The number of benzene rings is 10. The summed E-state index contributed by atoms with van der Waals surface area (Å²) < 4.78 is 4.78. The summed E-state index contributed by atoms with van der Waals surface area (Å²) in [4.78, 5) is 0. The monoisotopic (exact) mass is 884 g/mol. The van der Waals surface area contributed by atoms with Gasteiger partial charge in [0.05, 0.1) is 22.1 Å². The van der Waals surface area contributed by atoms with Crippen molar-refractivity contribution in [3.05, 3.63) is 241 Å². The molecule has 1 aliphatic carbocycles. The molecule has 0 amide bonds. The van der Waals surface area contributed by atoms with Crippen molar-refractivity contribution in [2.75, 3.05) is 0 Å². The Balaban J connectivity index is 0.769. The van der Waals surface area contributed by atoms with Crippen molar-refractivity contribution in [3.8, 4) is 67.0 Å². The highest BCUT2D eigenvalue weighted by Crippen LogP contribution is 2.51. The number of hydrogen-bond acceptors (Lipinski definition) is 0. The third kappa shape index (κ3) is 6.61. The first-order valence-electron chi connectivity index (χ1n) is 24.3. The Morgan fingerprint density at radius 3 is 1.09 bits per heavy atom. The predicted molar refractivity (Wildman–Crippen MR) is 293 cm³/mol. The van der Waals surface area contributed by atoms with E-state index >= 15 is 0 Å². The second-order valence-corrected chi connectivity index (χ2v) is 20.6. The average molecular weight is 885 g/mol. The van der Waals surface area contributed by atoms with Gasteiger partial charge in [-0.05, 0) is 151 Å². The molecule has 0 bridgehead atoms. The molecule has 1 aliphatic rings. The van der Waals surface area contributed by atoms with Crippen LogP contribution in [0.5, 0.6) is 0 Å². The minimum atomic E-state index is -0.145. The van der Waals surface area contributed by atoms with Crippen molar-refractivity contribution in [3.63, 3.8) is 0 Å². The standard InChI is InChI=1S/C67H52N2/c1-66(2,3)51-31-33-53(34-32-51)69-63-18-12-10-16-57(63)59-40-48(30-38-65(59)69)44-21-25-46(26-22-44)50-28-36-55-54-35-27-49(41-60(54)67(4,5)61(55)42-50)45-23-19-43(20-24-45)47-29-37-64-58(39-47)56-15-9-11-17-62(56)68(64)52-13-7-6-8-14-52/h6-42H,1-5H3. The zero-order valence-corrected chi connectivity index (χ0v) is 39.8. The molecule has 12 aromatic rings. The van der Waals surface area contributed by atoms with Gasteiger partial charge >= 0.3 is 0 Å². The van der Waals surface area contributed by atoms with Gasteiger partial charge in [-0.15, -0.1) is 0 Å². The van der Waals surface area contributed by atoms with E-state index in [0.717, 1.165) is 0 Å². The van der Waals surface area contributed by atoms with Gasteiger partial charge in [0, 0.05) is 38.3 Å². The van der Waals surface area contributed by atoms with Crippen LogP contribution >= 0.6 is 0 Å². The van der Waals surface area contributed by atoms with Crippen molar-refractivity contribution in [2.24, 2.45) is 0 Å². The highest BCUT2D eigenvalue weighted by molar-refractivity contribution is 6.11. The summed E-state index contributed by atoms with van der Waals surface area (Å²) in [6.07, 6.45) is 0. The lowest BCUT2D eigenvalue weighted by atomic mass is 9.80. The van der Waals surface area contributed by atoms with E-state index in [0.29, 0.717) is 0 Å². The summed E-state index contributed by atoms with van der Waals surface area (Å²) in [6, 6.07) is 83.6. The molecule has 0 unspecified atom stereocenters. The van der Waals surface area contributed by atoms with E-state index in [2.05, 4.69) is 268 Å². The molecular weight excluding hydrogens is 833 g/mol. The normalized spacial score (nSPS) is 13.1. The van der Waals surface area contributed by atoms with Crippen LogP contribution in [0, 0.1) is 0 Å². The molecule has 13 rings (SSSR count). The van der Waals surface area contributed by atoms with E-state index < -0.39 is 0 Å². The molecule has 0 spiro atoms. The van der Waals surface area contributed by atoms with E-state index in [1.807, 2.05) is 0 Å². The van der Waals surface area contributed by atoms with E-state index in [9.17, 15) is 0 Å². The second-order valence-electron chi connectivity index (χ2n) is 20.6. The minimum Gasteiger partial charge on any atom is -0.309 e. The van der Waals surface area contributed by atoms with Gasteiger partial charge in [-0.3, -0.25) is 0 Å². The van der Waals surface area contributed by atoms with Gasteiger partial charge in [-0.1, -0.05) is 186 Å². The molecule has 2 nitrogen and oxygen atoms in total. The van der Waals surface area contributed by atoms with Gasteiger partial charge in [-0.25, -0.2) is 0 Å². The summed E-state index contributed by atoms with van der Waals surface area (Å²) in [7, 11) is 0. The molecule has 10 aromatic carbocycles. The number of rotatable bonds is 6. The van der Waals surface area contributed by atoms with Crippen molar-refractivity contribution in [1.82, 2.24) is 9.13 Å². The van der Waals surface area contributed by atoms with Crippen LogP contribution in [0.4, 0.5) is 0 Å². The van der Waals surface area contributed by atoms with Gasteiger partial charge in [0.2, 0.25) is 0 Å². The summed E-state index contributed by atoms with van der Waals surface area (Å²) in [5.74, 6) is 0. The van der Waals surface area contributed by atoms with Crippen LogP contribution in [-0.4, -0.2) is 9.13 Å². The van der Waals surface area contributed by atoms with E-state index in [4.69, 9.17) is 0 Å². The Morgan fingerprint density at radius 1 is 0.304 bits per heavy atom. The van der Waals surface area contributed by atoms with Crippen LogP contribution in [0.25, 0.3) is 111 Å². The summed E-state index contributed by atoms with van der Waals surface area (Å²) in [6.45, 7) is 11.6. The predicted octanol–water partition coefficient (Wildman–Crippen LogP) is 18.2. The number of aromatic nitrogens is 2. The Labute approximate surface area is 404 Å². The van der Waals surface area contributed by atoms with Crippen molar-refractivity contribution >= 4 is 43.6 Å². The zero-order chi connectivity index (χ0) is 46.6. The quantitative estimate of drug-likeness (QED) is 0.157. The molecule has 2 aromatic heterocycles. The van der Waals surface area contributed by atoms with Crippen molar-refractivity contribution in [1.29, 1.82) is 0 Å². The van der Waals surface area contributed by atoms with Gasteiger partial charge in [0.25, 0.3) is 0 Å². The lowest BCUT2D eigenvalue weighted by Crippen LogP contribution is -2.15. The lowest BCUT2D eigenvalue weighted by Gasteiger charge is -2.22. The van der Waals surface area contributed by atoms with Gasteiger partial charge in [0.15, 0.2) is 0 Å². The fourth-order valence-corrected chi connectivity index (χ4v) is 11.4. The molecule has 0 N–H and O–H groups in total. The number of hydrogen-bond donors (Lipinski definition) is 0. The van der Waals surface area contributed by atoms with Gasteiger partial charge in [-0.2, -0.15) is 0 Å². The van der Waals surface area contributed by atoms with Crippen molar-refractivity contribution in [2.45, 2.75) is 45.4 Å². The van der Waals surface area contributed by atoms with Crippen LogP contribution < -0.4 is 0 Å². The number of para-hydroxylation sites is 3. The lowest BCUT2D eigenvalue weighted by molar-refractivity contribution is 0.590. The number of fused-ring (bicyclic) bond motifs is 9. The Hall–Kier alpha value is -8.20. The molecule has 0 saturated carbocycles. The van der Waals surface area contributed by atoms with Crippen LogP contribution in [0.3, 0.4) is 0 Å². The smallest absolute Gasteiger partial charge is 0.0541 e. The van der Waals surface area contributed by atoms with Gasteiger partial charge in [0.1, 0.15) is 0 Å². The molecule has 0 atom stereocenters. The fourth-order valence-electron chi connectivity index (χ4n) is 11.4. The van der Waals surface area contributed by atoms with E-state index in [1.54, 1.807) is 0 Å². The summed E-state index contributed by atoms with van der Waals surface area (Å²) in [5, 5.41) is 5.08. The maximum absolute atomic E-state index is 2.43. The molecule has 330 valence electrons. The maximum atomic E-state index is 2.43. The molecule has 0 saturated heterocycles. The minimum absolute atomic E-state index is 0.112. The largest absolute Gasteiger partial charge is 0.309 e. The summed E-state index contributed by atoms with van der Waals surface area (Å²) in [5.41, 5.74) is 23.8. The highest BCUT2D eigenvalue weighted by Gasteiger charge is 2.36. The fraction of sp³-hybridized carbons (Fsp3) is 0.104. The van der Waals surface area contributed by atoms with Gasteiger partial charge < -0.3 is 9.13 Å². The molecule has 0 aliphatic heterocycles. The Morgan fingerprint density at radius 2 is 0.652 bits per heavy atom. The topological polar surface area (TPSA) is 9.86 Å². The first-order chi connectivity index (χ1) is 33.6. The van der Waals surface area contributed by atoms with Crippen LogP contribution in [0.15, 0.2) is 224 Å². The third-order valence-corrected chi connectivity index (χ3v) is 15.1.